The number of nitrogens with zero attached hydrogens (tertiary/aromatic N) is 2. The molecular formula is C11H8N2O. The van der Waals surface area contributed by atoms with Gasteiger partial charge in [0.2, 0.25) is 0 Å². The lowest BCUT2D eigenvalue weighted by Gasteiger charge is -1.93. The molecule has 1 heterocycles. The van der Waals surface area contributed by atoms with Crippen molar-refractivity contribution in [3.05, 3.63) is 29.6 Å². The van der Waals surface area contributed by atoms with Crippen LogP contribution in [0.25, 0.3) is 0 Å². The van der Waals surface area contributed by atoms with Crippen LogP contribution in [0.3, 0.4) is 0 Å². The molecule has 0 fully saturated rings. The van der Waals surface area contributed by atoms with E-state index in [-0.39, 0.29) is 12.2 Å². The Bertz CT molecular complexity index is 429. The van der Waals surface area contributed by atoms with Gasteiger partial charge in [-0.3, -0.25) is 4.79 Å². The number of Topliss-reactive ketones (excluding diaryl/α,β-unsaturated/α-hetero) is 1. The van der Waals surface area contributed by atoms with E-state index in [1.54, 1.807) is 12.1 Å². The number of hydrogen-bond donors (Lipinski definition) is 0. The summed E-state index contributed by atoms with van der Waals surface area (Å²) in [6.07, 6.45) is 1.68. The van der Waals surface area contributed by atoms with Gasteiger partial charge in [-0.25, -0.2) is 4.98 Å². The molecule has 0 aliphatic rings. The van der Waals surface area contributed by atoms with Crippen LogP contribution in [0.15, 0.2) is 18.3 Å². The predicted molar refractivity (Wildman–Crippen MR) is 51.3 cm³/mol. The van der Waals surface area contributed by atoms with E-state index in [9.17, 15) is 4.79 Å². The number of ketones is 1. The molecule has 0 radical (unpaired) electrons. The third-order valence-electron chi connectivity index (χ3n) is 1.55. The molecule has 0 aromatic carbocycles. The number of carbonyl (C=O) groups excluding carboxylic acids is 1. The average molecular weight is 184 g/mol. The van der Waals surface area contributed by atoms with Gasteiger partial charge < -0.3 is 0 Å². The second-order valence-electron chi connectivity index (χ2n) is 2.62. The molecule has 0 amide bonds. The largest absolute Gasteiger partial charge is 0.294 e. The average Bonchev–Trinajstić information content (AvgIpc) is 2.19. The Morgan fingerprint density at radius 3 is 2.86 bits per heavy atom. The highest BCUT2D eigenvalue weighted by molar-refractivity contribution is 5.93. The lowest BCUT2D eigenvalue weighted by molar-refractivity contribution is 0.101. The molecule has 1 rings (SSSR count). The first-order valence-corrected chi connectivity index (χ1v) is 4.07. The highest BCUT2D eigenvalue weighted by Gasteiger charge is 1.97. The van der Waals surface area contributed by atoms with Crippen molar-refractivity contribution in [2.45, 2.75) is 13.3 Å². The third kappa shape index (κ3) is 2.73. The van der Waals surface area contributed by atoms with Gasteiger partial charge in [-0.05, 0) is 25.0 Å². The number of hydrogen-bond acceptors (Lipinski definition) is 3. The molecule has 0 spiro atoms. The smallest absolute Gasteiger partial charge is 0.161 e. The molecule has 14 heavy (non-hydrogen) atoms. The number of nitriles is 1. The minimum atomic E-state index is -0.0194. The second kappa shape index (κ2) is 4.79. The zero-order chi connectivity index (χ0) is 10.4. The van der Waals surface area contributed by atoms with E-state index in [4.69, 9.17) is 5.26 Å². The van der Waals surface area contributed by atoms with Crippen molar-refractivity contribution >= 4 is 5.78 Å². The summed E-state index contributed by atoms with van der Waals surface area (Å²) < 4.78 is 0. The maximum absolute atomic E-state index is 10.9. The molecule has 68 valence electrons. The summed E-state index contributed by atoms with van der Waals surface area (Å²) in [5.74, 6) is 5.34. The lowest BCUT2D eigenvalue weighted by Crippen LogP contribution is -1.93. The standard InChI is InChI=1S/C11H8N2O/c1-9(14)10-5-6-11(13-8-10)4-2-3-7-12/h5-6,8H,3H2,1H3. The maximum Gasteiger partial charge on any atom is 0.161 e. The van der Waals surface area contributed by atoms with Crippen LogP contribution in [0.1, 0.15) is 29.4 Å². The summed E-state index contributed by atoms with van der Waals surface area (Å²) in [6.45, 7) is 1.48. The van der Waals surface area contributed by atoms with E-state index in [1.807, 2.05) is 6.07 Å². The molecule has 1 aromatic rings. The van der Waals surface area contributed by atoms with Gasteiger partial charge >= 0.3 is 0 Å². The molecule has 0 unspecified atom stereocenters. The van der Waals surface area contributed by atoms with Gasteiger partial charge in [0.05, 0.1) is 12.5 Å². The van der Waals surface area contributed by atoms with Crippen molar-refractivity contribution in [1.29, 1.82) is 5.26 Å². The normalized spacial score (nSPS) is 8.29. The van der Waals surface area contributed by atoms with Crippen LogP contribution in [0, 0.1) is 23.2 Å². The van der Waals surface area contributed by atoms with E-state index < -0.39 is 0 Å². The highest BCUT2D eigenvalue weighted by atomic mass is 16.1. The Kier molecular flexibility index (Phi) is 3.41. The fourth-order valence-electron chi connectivity index (χ4n) is 0.850. The van der Waals surface area contributed by atoms with Crippen LogP contribution >= 0.6 is 0 Å². The molecule has 0 N–H and O–H groups in total. The van der Waals surface area contributed by atoms with Crippen molar-refractivity contribution in [2.24, 2.45) is 0 Å². The van der Waals surface area contributed by atoms with Gasteiger partial charge in [0, 0.05) is 11.8 Å². The van der Waals surface area contributed by atoms with Crippen molar-refractivity contribution in [3.8, 4) is 17.9 Å². The fourth-order valence-corrected chi connectivity index (χ4v) is 0.850. The Balaban J connectivity index is 2.81. The summed E-state index contributed by atoms with van der Waals surface area (Å²) >= 11 is 0. The minimum Gasteiger partial charge on any atom is -0.294 e. The van der Waals surface area contributed by atoms with Gasteiger partial charge in [-0.1, -0.05) is 5.92 Å². The van der Waals surface area contributed by atoms with Gasteiger partial charge in [0.25, 0.3) is 0 Å². The first-order chi connectivity index (χ1) is 6.74. The summed E-state index contributed by atoms with van der Waals surface area (Å²) in [6, 6.07) is 5.25. The van der Waals surface area contributed by atoms with Crippen LogP contribution in [-0.2, 0) is 0 Å². The summed E-state index contributed by atoms with van der Waals surface area (Å²) in [7, 11) is 0. The fraction of sp³-hybridized carbons (Fsp3) is 0.182. The Labute approximate surface area is 82.4 Å². The molecule has 3 heteroatoms. The zero-order valence-corrected chi connectivity index (χ0v) is 7.74. The molecule has 0 atom stereocenters. The van der Waals surface area contributed by atoms with E-state index in [0.29, 0.717) is 11.3 Å². The first kappa shape index (κ1) is 9.95. The van der Waals surface area contributed by atoms with Crippen molar-refractivity contribution in [1.82, 2.24) is 4.98 Å². The van der Waals surface area contributed by atoms with E-state index in [2.05, 4.69) is 16.8 Å². The van der Waals surface area contributed by atoms with Gasteiger partial charge in [-0.2, -0.15) is 5.26 Å². The summed E-state index contributed by atoms with van der Waals surface area (Å²) in [5, 5.41) is 8.24. The van der Waals surface area contributed by atoms with E-state index >= 15 is 0 Å². The molecule has 0 aliphatic heterocycles. The van der Waals surface area contributed by atoms with Crippen LogP contribution in [0.2, 0.25) is 0 Å². The van der Waals surface area contributed by atoms with Crippen LogP contribution in [0.4, 0.5) is 0 Å². The molecule has 0 saturated heterocycles. The third-order valence-corrected chi connectivity index (χ3v) is 1.55. The van der Waals surface area contributed by atoms with Crippen molar-refractivity contribution in [2.75, 3.05) is 0 Å². The van der Waals surface area contributed by atoms with Gasteiger partial charge in [0.1, 0.15) is 5.69 Å². The Morgan fingerprint density at radius 2 is 2.36 bits per heavy atom. The van der Waals surface area contributed by atoms with Gasteiger partial charge in [0.15, 0.2) is 5.78 Å². The molecule has 3 nitrogen and oxygen atoms in total. The first-order valence-electron chi connectivity index (χ1n) is 4.07. The van der Waals surface area contributed by atoms with Crippen molar-refractivity contribution < 1.29 is 4.79 Å². The SMILES string of the molecule is CC(=O)c1ccc(C#CCC#N)nc1. The Morgan fingerprint density at radius 1 is 1.57 bits per heavy atom. The number of rotatable bonds is 1. The second-order valence-corrected chi connectivity index (χ2v) is 2.62. The monoisotopic (exact) mass is 184 g/mol. The topological polar surface area (TPSA) is 53.8 Å². The summed E-state index contributed by atoms with van der Waals surface area (Å²) in [4.78, 5) is 14.9. The maximum atomic E-state index is 10.9. The molecular weight excluding hydrogens is 176 g/mol. The summed E-state index contributed by atoms with van der Waals surface area (Å²) in [5.41, 5.74) is 1.14. The molecule has 1 aromatic heterocycles. The van der Waals surface area contributed by atoms with Crippen molar-refractivity contribution in [3.63, 3.8) is 0 Å². The number of aromatic nitrogens is 1. The number of carbonyl (C=O) groups is 1. The quantitative estimate of drug-likeness (QED) is 0.491. The van der Waals surface area contributed by atoms with E-state index in [1.165, 1.54) is 13.1 Å². The zero-order valence-electron chi connectivity index (χ0n) is 7.74. The van der Waals surface area contributed by atoms with Crippen LogP contribution in [-0.4, -0.2) is 10.8 Å². The van der Waals surface area contributed by atoms with Gasteiger partial charge in [-0.15, -0.1) is 0 Å². The lowest BCUT2D eigenvalue weighted by atomic mass is 10.2. The van der Waals surface area contributed by atoms with Crippen LogP contribution in [0.5, 0.6) is 0 Å². The number of pyridine rings is 1. The van der Waals surface area contributed by atoms with E-state index in [0.717, 1.165) is 0 Å². The molecule has 0 bridgehead atoms. The molecule has 0 saturated carbocycles. The van der Waals surface area contributed by atoms with Crippen LogP contribution < -0.4 is 0 Å². The Hall–Kier alpha value is -2.13. The highest BCUT2D eigenvalue weighted by Crippen LogP contribution is 1.99. The minimum absolute atomic E-state index is 0.0194. The predicted octanol–water partition coefficient (Wildman–Crippen LogP) is 1.55. The molecule has 0 aliphatic carbocycles.